The predicted molar refractivity (Wildman–Crippen MR) is 79.1 cm³/mol. The zero-order valence-electron chi connectivity index (χ0n) is 11.5. The van der Waals surface area contributed by atoms with E-state index in [-0.39, 0.29) is 13.1 Å². The van der Waals surface area contributed by atoms with Gasteiger partial charge in [-0.05, 0) is 22.9 Å². The summed E-state index contributed by atoms with van der Waals surface area (Å²) in [5.41, 5.74) is 1.67. The molecule has 0 amide bonds. The van der Waals surface area contributed by atoms with Gasteiger partial charge in [0.2, 0.25) is 0 Å². The van der Waals surface area contributed by atoms with Gasteiger partial charge in [0.15, 0.2) is 0 Å². The van der Waals surface area contributed by atoms with Crippen molar-refractivity contribution in [3.63, 3.8) is 0 Å². The van der Waals surface area contributed by atoms with E-state index in [1.807, 2.05) is 24.3 Å². The van der Waals surface area contributed by atoms with Crippen LogP contribution >= 0.6 is 0 Å². The highest BCUT2D eigenvalue weighted by Gasteiger charge is 2.19. The van der Waals surface area contributed by atoms with Crippen molar-refractivity contribution in [2.75, 3.05) is 13.1 Å². The summed E-state index contributed by atoms with van der Waals surface area (Å²) in [6.45, 7) is -0.611. The average molecular weight is 296 g/mol. The molecule has 0 aromatic heterocycles. The molecule has 22 heavy (non-hydrogen) atoms. The number of benzene rings is 2. The summed E-state index contributed by atoms with van der Waals surface area (Å²) < 4.78 is 0. The summed E-state index contributed by atoms with van der Waals surface area (Å²) in [6, 6.07) is 11.0. The number of carboxylic acid groups (broad SMARTS) is 2. The minimum absolute atomic E-state index is 0.305. The molecule has 0 unspecified atom stereocenters. The van der Waals surface area contributed by atoms with Gasteiger partial charge in [-0.15, -0.1) is 0 Å². The molecule has 1 aromatic rings. The Balaban J connectivity index is 2.27. The number of carboxylic acids is 2. The molecule has 0 radical (unpaired) electrons. The summed E-state index contributed by atoms with van der Waals surface area (Å²) in [5, 5.41) is 20.7. The van der Waals surface area contributed by atoms with Crippen LogP contribution in [-0.2, 0) is 9.59 Å². The molecule has 0 saturated heterocycles. The molecule has 0 heterocycles. The molecular formula is C16H12N2O4. The molecule has 2 aliphatic carbocycles. The van der Waals surface area contributed by atoms with Crippen LogP contribution in [0.5, 0.6) is 0 Å². The van der Waals surface area contributed by atoms with Gasteiger partial charge in [0, 0.05) is 11.1 Å². The molecule has 0 bridgehead atoms. The van der Waals surface area contributed by atoms with E-state index in [0.717, 1.165) is 21.9 Å². The van der Waals surface area contributed by atoms with E-state index in [2.05, 4.69) is 9.98 Å². The Morgan fingerprint density at radius 3 is 1.55 bits per heavy atom. The highest BCUT2D eigenvalue weighted by atomic mass is 16.4. The second-order valence-electron chi connectivity index (χ2n) is 4.82. The van der Waals surface area contributed by atoms with Crippen molar-refractivity contribution in [3.05, 3.63) is 47.1 Å². The van der Waals surface area contributed by atoms with Gasteiger partial charge in [0.05, 0.1) is 10.7 Å². The van der Waals surface area contributed by atoms with Gasteiger partial charge in [-0.2, -0.15) is 0 Å². The first-order valence-corrected chi connectivity index (χ1v) is 6.63. The van der Waals surface area contributed by atoms with E-state index in [4.69, 9.17) is 10.2 Å². The van der Waals surface area contributed by atoms with E-state index in [1.54, 1.807) is 12.1 Å². The van der Waals surface area contributed by atoms with Crippen molar-refractivity contribution in [1.82, 2.24) is 0 Å². The third kappa shape index (κ3) is 2.35. The Bertz CT molecular complexity index is 871. The zero-order valence-corrected chi connectivity index (χ0v) is 11.5. The number of hydrogen-bond donors (Lipinski definition) is 2. The third-order valence-corrected chi connectivity index (χ3v) is 3.40. The number of nitrogens with zero attached hydrogens (tertiary/aromatic N) is 2. The monoisotopic (exact) mass is 296 g/mol. The van der Waals surface area contributed by atoms with Gasteiger partial charge >= 0.3 is 11.9 Å². The predicted octanol–water partition coefficient (Wildman–Crippen LogP) is 0.791. The molecule has 0 aliphatic heterocycles. The molecule has 3 rings (SSSR count). The van der Waals surface area contributed by atoms with Crippen LogP contribution in [0.1, 0.15) is 0 Å². The number of carbonyl (C=O) groups is 2. The first-order valence-electron chi connectivity index (χ1n) is 6.63. The lowest BCUT2D eigenvalue weighted by molar-refractivity contribution is -0.136. The van der Waals surface area contributed by atoms with Crippen molar-refractivity contribution < 1.29 is 19.8 Å². The van der Waals surface area contributed by atoms with Gasteiger partial charge in [-0.3, -0.25) is 19.6 Å². The van der Waals surface area contributed by atoms with Crippen LogP contribution in [0.4, 0.5) is 0 Å². The van der Waals surface area contributed by atoms with E-state index >= 15 is 0 Å². The Morgan fingerprint density at radius 1 is 0.773 bits per heavy atom. The molecule has 2 N–H and O–H groups in total. The molecule has 110 valence electrons. The quantitative estimate of drug-likeness (QED) is 0.743. The largest absolute Gasteiger partial charge is 0.480 e. The van der Waals surface area contributed by atoms with Crippen molar-refractivity contribution in [3.8, 4) is 11.1 Å². The molecular weight excluding hydrogens is 284 g/mol. The lowest BCUT2D eigenvalue weighted by Crippen LogP contribution is -2.22. The van der Waals surface area contributed by atoms with Crippen molar-refractivity contribution in [1.29, 1.82) is 0 Å². The van der Waals surface area contributed by atoms with Crippen molar-refractivity contribution in [2.45, 2.75) is 0 Å². The van der Waals surface area contributed by atoms with Crippen LogP contribution in [0.25, 0.3) is 21.9 Å². The van der Waals surface area contributed by atoms with Crippen LogP contribution < -0.4 is 10.7 Å². The lowest BCUT2D eigenvalue weighted by atomic mass is 9.86. The minimum Gasteiger partial charge on any atom is -0.480 e. The van der Waals surface area contributed by atoms with Crippen LogP contribution in [0.3, 0.4) is 0 Å². The van der Waals surface area contributed by atoms with Crippen LogP contribution in [-0.4, -0.2) is 35.2 Å². The second kappa shape index (κ2) is 5.40. The number of rotatable bonds is 4. The highest BCUT2D eigenvalue weighted by molar-refractivity contribution is 6.14. The Kier molecular flexibility index (Phi) is 3.42. The first-order chi connectivity index (χ1) is 10.6. The summed E-state index contributed by atoms with van der Waals surface area (Å²) in [4.78, 5) is 29.6. The van der Waals surface area contributed by atoms with Gasteiger partial charge < -0.3 is 10.2 Å². The fourth-order valence-electron chi connectivity index (χ4n) is 2.55. The maximum atomic E-state index is 10.7. The highest BCUT2D eigenvalue weighted by Crippen LogP contribution is 2.35. The summed E-state index contributed by atoms with van der Waals surface area (Å²) >= 11 is 0. The minimum atomic E-state index is -0.999. The van der Waals surface area contributed by atoms with Gasteiger partial charge in [-0.25, -0.2) is 0 Å². The fraction of sp³-hybridized carbons (Fsp3) is 0.125. The van der Waals surface area contributed by atoms with Gasteiger partial charge in [-0.1, -0.05) is 24.3 Å². The first kappa shape index (κ1) is 13.9. The number of hydrogen-bond acceptors (Lipinski definition) is 4. The smallest absolute Gasteiger partial charge is 0.325 e. The molecule has 0 fully saturated rings. The topological polar surface area (TPSA) is 99.3 Å². The molecule has 6 heteroatoms. The average Bonchev–Trinajstić information content (AvgIpc) is 2.47. The van der Waals surface area contributed by atoms with Gasteiger partial charge in [0.1, 0.15) is 13.1 Å². The summed E-state index contributed by atoms with van der Waals surface area (Å²) in [7, 11) is 0. The maximum Gasteiger partial charge on any atom is 0.325 e. The fourth-order valence-corrected chi connectivity index (χ4v) is 2.55. The number of aliphatic carboxylic acids is 2. The molecule has 2 aliphatic rings. The molecule has 1 aromatic carbocycles. The van der Waals surface area contributed by atoms with E-state index < -0.39 is 11.9 Å². The Hall–Kier alpha value is -3.02. The Labute approximate surface area is 124 Å². The van der Waals surface area contributed by atoms with Crippen LogP contribution in [0.2, 0.25) is 0 Å². The van der Waals surface area contributed by atoms with Crippen LogP contribution in [0.15, 0.2) is 46.4 Å². The lowest BCUT2D eigenvalue weighted by Gasteiger charge is -2.18. The van der Waals surface area contributed by atoms with E-state index in [0.29, 0.717) is 10.7 Å². The van der Waals surface area contributed by atoms with Crippen molar-refractivity contribution in [2.24, 2.45) is 9.98 Å². The van der Waals surface area contributed by atoms with Crippen molar-refractivity contribution >= 4 is 22.7 Å². The standard InChI is InChI=1S/C16H12N2O4/c19-13(20)7-17-11-5-6-12(18-8-14(21)22)16-10-4-2-1-3-9(10)15(11)16/h1-6H,7-8H2,(H,19,20)(H,21,22). The van der Waals surface area contributed by atoms with E-state index in [9.17, 15) is 9.59 Å². The number of fused-ring (bicyclic) bond motifs is 4. The van der Waals surface area contributed by atoms with Crippen LogP contribution in [0, 0.1) is 0 Å². The SMILES string of the molecule is O=C(O)CN=c1ccc(=NCC(=O)O)c2c3ccccc3c1-2. The molecule has 0 saturated carbocycles. The summed E-state index contributed by atoms with van der Waals surface area (Å²) in [5.74, 6) is -2.00. The van der Waals surface area contributed by atoms with Gasteiger partial charge in [0.25, 0.3) is 0 Å². The van der Waals surface area contributed by atoms with E-state index in [1.165, 1.54) is 0 Å². The molecule has 6 nitrogen and oxygen atoms in total. The normalized spacial score (nSPS) is 13.3. The molecule has 0 spiro atoms. The molecule has 0 atom stereocenters. The Morgan fingerprint density at radius 2 is 1.18 bits per heavy atom. The zero-order chi connectivity index (χ0) is 15.7. The third-order valence-electron chi connectivity index (χ3n) is 3.40. The maximum absolute atomic E-state index is 10.7. The summed E-state index contributed by atoms with van der Waals surface area (Å²) in [6.07, 6.45) is 0. The second-order valence-corrected chi connectivity index (χ2v) is 4.82.